The molecule has 2 aliphatic rings. The van der Waals surface area contributed by atoms with Gasteiger partial charge in [-0.2, -0.15) is 0 Å². The predicted octanol–water partition coefficient (Wildman–Crippen LogP) is 2.80. The topological polar surface area (TPSA) is 114 Å². The Bertz CT molecular complexity index is 881. The number of carbonyl (C=O) groups excluding carboxylic acids is 1. The van der Waals surface area contributed by atoms with Crippen LogP contribution in [0.3, 0.4) is 0 Å². The summed E-state index contributed by atoms with van der Waals surface area (Å²) in [6.45, 7) is 2.92. The van der Waals surface area contributed by atoms with Gasteiger partial charge in [0.2, 0.25) is 0 Å². The summed E-state index contributed by atoms with van der Waals surface area (Å²) in [6, 6.07) is -0.249. The van der Waals surface area contributed by atoms with Gasteiger partial charge >= 0.3 is 12.1 Å². The quantitative estimate of drug-likeness (QED) is 0.590. The van der Waals surface area contributed by atoms with Gasteiger partial charge in [0.1, 0.15) is 5.65 Å². The van der Waals surface area contributed by atoms with Gasteiger partial charge in [-0.15, -0.1) is 0 Å². The average Bonchev–Trinajstić information content (AvgIpc) is 2.95. The summed E-state index contributed by atoms with van der Waals surface area (Å²) in [5.41, 5.74) is 2.27. The van der Waals surface area contributed by atoms with Crippen molar-refractivity contribution in [3.8, 4) is 0 Å². The maximum Gasteiger partial charge on any atom is 0.404 e. The lowest BCUT2D eigenvalue weighted by atomic mass is 10.0. The number of anilines is 2. The maximum absolute atomic E-state index is 12.4. The zero-order chi connectivity index (χ0) is 19.0. The molecular weight excluding hydrogens is 416 g/mol. The third kappa shape index (κ3) is 3.53. The van der Waals surface area contributed by atoms with Crippen molar-refractivity contribution in [1.82, 2.24) is 20.2 Å². The largest absolute Gasteiger partial charge is 0.465 e. The summed E-state index contributed by atoms with van der Waals surface area (Å²) in [6.07, 6.45) is 5.18. The molecular formula is C17H21BrN6O3. The van der Waals surface area contributed by atoms with Gasteiger partial charge in [-0.1, -0.05) is 0 Å². The molecule has 2 saturated heterocycles. The van der Waals surface area contributed by atoms with E-state index in [0.717, 1.165) is 54.4 Å². The van der Waals surface area contributed by atoms with Gasteiger partial charge in [0.05, 0.1) is 21.2 Å². The van der Waals surface area contributed by atoms with Gasteiger partial charge in [0, 0.05) is 44.6 Å². The van der Waals surface area contributed by atoms with Gasteiger partial charge in [0.25, 0.3) is 0 Å². The molecule has 0 spiro atoms. The second kappa shape index (κ2) is 7.26. The number of urea groups is 1. The number of halogens is 1. The smallest absolute Gasteiger partial charge is 0.404 e. The molecule has 2 aliphatic heterocycles. The fourth-order valence-electron chi connectivity index (χ4n) is 3.65. The molecule has 4 heterocycles. The molecule has 2 aromatic rings. The van der Waals surface area contributed by atoms with Gasteiger partial charge in [-0.3, -0.25) is 0 Å². The summed E-state index contributed by atoms with van der Waals surface area (Å²) in [5, 5.41) is 15.4. The van der Waals surface area contributed by atoms with Crippen LogP contribution in [-0.4, -0.2) is 64.3 Å². The van der Waals surface area contributed by atoms with Gasteiger partial charge in [-0.05, 0) is 35.2 Å². The first kappa shape index (κ1) is 17.9. The Hall–Kier alpha value is -2.49. The molecule has 4 N–H and O–H groups in total. The normalized spacial score (nSPS) is 19.7. The summed E-state index contributed by atoms with van der Waals surface area (Å²) in [7, 11) is 0. The molecule has 0 radical (unpaired) electrons. The molecule has 2 aromatic heterocycles. The minimum absolute atomic E-state index is 0.114. The number of hydrogen-bond acceptors (Lipinski definition) is 4. The van der Waals surface area contributed by atoms with Crippen LogP contribution in [0.15, 0.2) is 16.9 Å². The molecule has 0 aliphatic carbocycles. The first-order chi connectivity index (χ1) is 13.0. The minimum atomic E-state index is -1.01. The lowest BCUT2D eigenvalue weighted by Gasteiger charge is -2.35. The lowest BCUT2D eigenvalue weighted by molar-refractivity contribution is 0.181. The second-order valence-corrected chi connectivity index (χ2v) is 7.74. The van der Waals surface area contributed by atoms with Crippen LogP contribution in [0.1, 0.15) is 19.3 Å². The number of carbonyl (C=O) groups is 2. The first-order valence-electron chi connectivity index (χ1n) is 8.99. The highest BCUT2D eigenvalue weighted by molar-refractivity contribution is 9.10. The number of hydrogen-bond donors (Lipinski definition) is 4. The van der Waals surface area contributed by atoms with Crippen molar-refractivity contribution in [2.45, 2.75) is 25.3 Å². The van der Waals surface area contributed by atoms with Gasteiger partial charge in [-0.25, -0.2) is 14.6 Å². The Kier molecular flexibility index (Phi) is 4.81. The Morgan fingerprint density at radius 3 is 2.81 bits per heavy atom. The van der Waals surface area contributed by atoms with Crippen LogP contribution >= 0.6 is 15.9 Å². The molecule has 4 rings (SSSR count). The number of piperidine rings is 1. The third-order valence-electron chi connectivity index (χ3n) is 5.08. The van der Waals surface area contributed by atoms with Crippen molar-refractivity contribution in [2.24, 2.45) is 0 Å². The average molecular weight is 437 g/mol. The maximum atomic E-state index is 12.4. The predicted molar refractivity (Wildman–Crippen MR) is 105 cm³/mol. The van der Waals surface area contributed by atoms with E-state index in [0.29, 0.717) is 17.9 Å². The number of rotatable bonds is 3. The van der Waals surface area contributed by atoms with Crippen LogP contribution in [0.4, 0.5) is 21.0 Å². The fourth-order valence-corrected chi connectivity index (χ4v) is 4.20. The Labute approximate surface area is 164 Å². The molecule has 144 valence electrons. The Morgan fingerprint density at radius 1 is 1.30 bits per heavy atom. The van der Waals surface area contributed by atoms with E-state index in [4.69, 9.17) is 5.11 Å². The van der Waals surface area contributed by atoms with Crippen molar-refractivity contribution in [3.63, 3.8) is 0 Å². The molecule has 27 heavy (non-hydrogen) atoms. The number of H-pyrrole nitrogens is 1. The zero-order valence-corrected chi connectivity index (χ0v) is 16.3. The monoisotopic (exact) mass is 436 g/mol. The zero-order valence-electron chi connectivity index (χ0n) is 14.7. The number of fused-ring (bicyclic) bond motifs is 1. The number of aromatic amines is 1. The van der Waals surface area contributed by atoms with Crippen molar-refractivity contribution in [1.29, 1.82) is 0 Å². The number of nitrogens with one attached hydrogen (secondary N) is 3. The highest BCUT2D eigenvalue weighted by atomic mass is 79.9. The van der Waals surface area contributed by atoms with Crippen LogP contribution in [0.25, 0.3) is 11.0 Å². The number of likely N-dealkylation sites (tertiary alicyclic amines) is 1. The minimum Gasteiger partial charge on any atom is -0.465 e. The molecule has 0 saturated carbocycles. The van der Waals surface area contributed by atoms with Crippen molar-refractivity contribution in [2.75, 3.05) is 36.4 Å². The Morgan fingerprint density at radius 2 is 2.11 bits per heavy atom. The number of nitrogens with zero attached hydrogens (tertiary/aromatic N) is 3. The molecule has 9 nitrogen and oxygen atoms in total. The van der Waals surface area contributed by atoms with Crippen LogP contribution in [0.5, 0.6) is 0 Å². The van der Waals surface area contributed by atoms with Crippen molar-refractivity contribution in [3.05, 3.63) is 16.9 Å². The summed E-state index contributed by atoms with van der Waals surface area (Å²) in [5.74, 6) is 0. The summed E-state index contributed by atoms with van der Waals surface area (Å²) >= 11 is 3.58. The van der Waals surface area contributed by atoms with Gasteiger partial charge < -0.3 is 30.5 Å². The first-order valence-corrected chi connectivity index (χ1v) is 9.78. The van der Waals surface area contributed by atoms with E-state index in [9.17, 15) is 9.59 Å². The standard InChI is InChI=1S/C17H21BrN6O3/c18-11-7-19-15-13(12(8-20-15)22-16(25)23-5-2-6-23)14(11)24-4-1-3-10(9-24)21-17(26)27/h7-8,10,21H,1-6,9H2,(H,19,20)(H,22,25)(H,26,27). The fraction of sp³-hybridized carbons (Fsp3) is 0.471. The molecule has 2 fully saturated rings. The number of carboxylic acid groups (broad SMARTS) is 1. The van der Waals surface area contributed by atoms with E-state index >= 15 is 0 Å². The molecule has 3 amide bonds. The van der Waals surface area contributed by atoms with Crippen molar-refractivity contribution >= 4 is 50.5 Å². The second-order valence-electron chi connectivity index (χ2n) is 6.89. The molecule has 10 heteroatoms. The highest BCUT2D eigenvalue weighted by Crippen LogP contribution is 2.39. The summed E-state index contributed by atoms with van der Waals surface area (Å²) in [4.78, 5) is 34.8. The summed E-state index contributed by atoms with van der Waals surface area (Å²) < 4.78 is 0.810. The van der Waals surface area contributed by atoms with E-state index in [1.165, 1.54) is 0 Å². The SMILES string of the molecule is O=C(O)NC1CCCN(c2c(Br)cnc3[nH]cc(NC(=O)N4CCC4)c23)C1. The molecule has 0 bridgehead atoms. The van der Waals surface area contributed by atoms with E-state index in [2.05, 4.69) is 41.4 Å². The number of aromatic nitrogens is 2. The van der Waals surface area contributed by atoms with Gasteiger partial charge in [0.15, 0.2) is 0 Å². The van der Waals surface area contributed by atoms with E-state index in [1.54, 1.807) is 17.3 Å². The van der Waals surface area contributed by atoms with Crippen LogP contribution in [-0.2, 0) is 0 Å². The molecule has 1 unspecified atom stereocenters. The number of amides is 3. The highest BCUT2D eigenvalue weighted by Gasteiger charge is 2.27. The third-order valence-corrected chi connectivity index (χ3v) is 5.66. The Balaban J connectivity index is 1.66. The van der Waals surface area contributed by atoms with Crippen LogP contribution < -0.4 is 15.5 Å². The van der Waals surface area contributed by atoms with Crippen LogP contribution in [0.2, 0.25) is 0 Å². The van der Waals surface area contributed by atoms with E-state index < -0.39 is 6.09 Å². The molecule has 1 atom stereocenters. The number of pyridine rings is 1. The van der Waals surface area contributed by atoms with Crippen LogP contribution in [0, 0.1) is 0 Å². The molecule has 0 aromatic carbocycles. The van der Waals surface area contributed by atoms with E-state index in [-0.39, 0.29) is 12.1 Å². The van der Waals surface area contributed by atoms with E-state index in [1.807, 2.05) is 0 Å². The van der Waals surface area contributed by atoms with Crippen molar-refractivity contribution < 1.29 is 14.7 Å². The lowest BCUT2D eigenvalue weighted by Crippen LogP contribution is -2.47.